The van der Waals surface area contributed by atoms with Crippen molar-refractivity contribution in [3.05, 3.63) is 94.8 Å². The number of sulfonamides is 1. The standard InChI is InChI=1S/C29H30ClF4N3O4S/c1-4-25(28(39)35-19(2)3)36(17-20-10-13-22(31)14-11-20)27(38)18-37(42(40,41)23-8-6-5-7-9-23)26-16-21(29(32,33)34)12-15-24(26)30/h5-16,19,25H,4,17-18H2,1-3H3,(H,35,39). The number of halogens is 5. The molecule has 1 atom stereocenters. The van der Waals surface area contributed by atoms with E-state index in [1.54, 1.807) is 26.8 Å². The number of rotatable bonds is 11. The van der Waals surface area contributed by atoms with Gasteiger partial charge in [-0.2, -0.15) is 13.2 Å². The summed E-state index contributed by atoms with van der Waals surface area (Å²) in [6.45, 7) is 3.91. The molecule has 3 rings (SSSR count). The van der Waals surface area contributed by atoms with E-state index in [9.17, 15) is 35.6 Å². The number of carbonyl (C=O) groups is 2. The zero-order valence-electron chi connectivity index (χ0n) is 23.0. The zero-order valence-corrected chi connectivity index (χ0v) is 24.6. The van der Waals surface area contributed by atoms with Gasteiger partial charge in [0.1, 0.15) is 18.4 Å². The molecule has 0 aliphatic carbocycles. The quantitative estimate of drug-likeness (QED) is 0.263. The van der Waals surface area contributed by atoms with Gasteiger partial charge >= 0.3 is 6.18 Å². The van der Waals surface area contributed by atoms with Gasteiger partial charge in [0.2, 0.25) is 11.8 Å². The molecule has 0 bridgehead atoms. The maximum Gasteiger partial charge on any atom is 0.416 e. The highest BCUT2D eigenvalue weighted by Gasteiger charge is 2.37. The lowest BCUT2D eigenvalue weighted by Crippen LogP contribution is -2.53. The summed E-state index contributed by atoms with van der Waals surface area (Å²) in [5.74, 6) is -1.93. The number of nitrogens with zero attached hydrogens (tertiary/aromatic N) is 2. The average molecular weight is 628 g/mol. The second-order valence-electron chi connectivity index (χ2n) is 9.72. The van der Waals surface area contributed by atoms with Crippen LogP contribution >= 0.6 is 11.6 Å². The van der Waals surface area contributed by atoms with E-state index < -0.39 is 57.7 Å². The monoisotopic (exact) mass is 627 g/mol. The van der Waals surface area contributed by atoms with E-state index in [1.807, 2.05) is 0 Å². The van der Waals surface area contributed by atoms with Gasteiger partial charge in [-0.3, -0.25) is 13.9 Å². The van der Waals surface area contributed by atoms with Crippen LogP contribution in [-0.4, -0.2) is 43.8 Å². The normalized spacial score (nSPS) is 12.6. The van der Waals surface area contributed by atoms with E-state index in [0.717, 1.165) is 11.0 Å². The highest BCUT2D eigenvalue weighted by atomic mass is 35.5. The Hall–Kier alpha value is -3.64. The molecule has 0 aliphatic rings. The number of anilines is 1. The summed E-state index contributed by atoms with van der Waals surface area (Å²) in [4.78, 5) is 27.9. The third-order valence-corrected chi connectivity index (χ3v) is 8.33. The van der Waals surface area contributed by atoms with Gasteiger partial charge in [0, 0.05) is 12.6 Å². The van der Waals surface area contributed by atoms with Gasteiger partial charge in [0.15, 0.2) is 0 Å². The average Bonchev–Trinajstić information content (AvgIpc) is 2.92. The number of alkyl halides is 3. The van der Waals surface area contributed by atoms with Gasteiger partial charge in [-0.05, 0) is 68.3 Å². The van der Waals surface area contributed by atoms with E-state index in [1.165, 1.54) is 48.5 Å². The lowest BCUT2D eigenvalue weighted by Gasteiger charge is -2.34. The van der Waals surface area contributed by atoms with E-state index in [-0.39, 0.29) is 28.9 Å². The first kappa shape index (κ1) is 32.9. The topological polar surface area (TPSA) is 86.8 Å². The van der Waals surface area contributed by atoms with Crippen molar-refractivity contribution in [2.24, 2.45) is 0 Å². The fourth-order valence-electron chi connectivity index (χ4n) is 4.20. The number of hydrogen-bond acceptors (Lipinski definition) is 4. The van der Waals surface area contributed by atoms with E-state index in [2.05, 4.69) is 5.32 Å². The van der Waals surface area contributed by atoms with Gasteiger partial charge < -0.3 is 10.2 Å². The molecule has 0 saturated heterocycles. The Morgan fingerprint density at radius 1 is 0.976 bits per heavy atom. The van der Waals surface area contributed by atoms with Gasteiger partial charge in [-0.15, -0.1) is 0 Å². The second kappa shape index (κ2) is 13.6. The van der Waals surface area contributed by atoms with Crippen molar-refractivity contribution in [3.8, 4) is 0 Å². The van der Waals surface area contributed by atoms with E-state index in [4.69, 9.17) is 11.6 Å². The molecule has 226 valence electrons. The maximum atomic E-state index is 14.0. The van der Waals surface area contributed by atoms with Crippen molar-refractivity contribution >= 4 is 39.1 Å². The molecule has 0 heterocycles. The number of hydrogen-bond donors (Lipinski definition) is 1. The number of nitrogens with one attached hydrogen (secondary N) is 1. The molecule has 0 saturated carbocycles. The van der Waals surface area contributed by atoms with Crippen molar-refractivity contribution < 1.29 is 35.6 Å². The largest absolute Gasteiger partial charge is 0.416 e. The van der Waals surface area contributed by atoms with Crippen molar-refractivity contribution in [1.29, 1.82) is 0 Å². The first-order valence-corrected chi connectivity index (χ1v) is 14.8. The predicted molar refractivity (Wildman–Crippen MR) is 152 cm³/mol. The van der Waals surface area contributed by atoms with E-state index in [0.29, 0.717) is 22.0 Å². The zero-order chi connectivity index (χ0) is 31.2. The molecule has 0 aliphatic heterocycles. The summed E-state index contributed by atoms with van der Waals surface area (Å²) in [5, 5.41) is 2.38. The second-order valence-corrected chi connectivity index (χ2v) is 12.0. The first-order valence-electron chi connectivity index (χ1n) is 12.9. The van der Waals surface area contributed by atoms with Crippen LogP contribution in [0.15, 0.2) is 77.7 Å². The van der Waals surface area contributed by atoms with Crippen LogP contribution in [0, 0.1) is 5.82 Å². The van der Waals surface area contributed by atoms with Gasteiger partial charge in [0.25, 0.3) is 10.0 Å². The van der Waals surface area contributed by atoms with Crippen LogP contribution in [0.4, 0.5) is 23.2 Å². The Balaban J connectivity index is 2.15. The molecule has 1 N–H and O–H groups in total. The molecule has 0 spiro atoms. The molecular weight excluding hydrogens is 598 g/mol. The predicted octanol–water partition coefficient (Wildman–Crippen LogP) is 6.03. The minimum Gasteiger partial charge on any atom is -0.352 e. The molecule has 1 unspecified atom stereocenters. The minimum atomic E-state index is -4.83. The lowest BCUT2D eigenvalue weighted by molar-refractivity contribution is -0.140. The molecule has 3 aromatic carbocycles. The van der Waals surface area contributed by atoms with Gasteiger partial charge in [0.05, 0.1) is 21.2 Å². The molecule has 3 aromatic rings. The van der Waals surface area contributed by atoms with Crippen LogP contribution in [0.2, 0.25) is 5.02 Å². The van der Waals surface area contributed by atoms with Crippen molar-refractivity contribution in [3.63, 3.8) is 0 Å². The molecular formula is C29H30ClF4N3O4S. The molecule has 13 heteroatoms. The maximum absolute atomic E-state index is 14.0. The van der Waals surface area contributed by atoms with Crippen molar-refractivity contribution in [2.75, 3.05) is 10.8 Å². The van der Waals surface area contributed by atoms with Crippen LogP contribution < -0.4 is 9.62 Å². The summed E-state index contributed by atoms with van der Waals surface area (Å²) < 4.78 is 82.6. The third kappa shape index (κ3) is 8.01. The highest BCUT2D eigenvalue weighted by Crippen LogP contribution is 2.37. The SMILES string of the molecule is CCC(C(=O)NC(C)C)N(Cc1ccc(F)cc1)C(=O)CN(c1cc(C(F)(F)F)ccc1Cl)S(=O)(=O)c1ccccc1. The number of carbonyl (C=O) groups excluding carboxylic acids is 2. The van der Waals surface area contributed by atoms with E-state index >= 15 is 0 Å². The van der Waals surface area contributed by atoms with Gasteiger partial charge in [-0.1, -0.05) is 48.9 Å². The Morgan fingerprint density at radius 2 is 1.60 bits per heavy atom. The summed E-state index contributed by atoms with van der Waals surface area (Å²) in [6, 6.07) is 12.8. The van der Waals surface area contributed by atoms with Crippen LogP contribution in [-0.2, 0) is 32.3 Å². The first-order chi connectivity index (χ1) is 19.6. The highest BCUT2D eigenvalue weighted by molar-refractivity contribution is 7.92. The summed E-state index contributed by atoms with van der Waals surface area (Å²) >= 11 is 6.24. The Labute approximate surface area is 247 Å². The molecule has 0 aromatic heterocycles. The van der Waals surface area contributed by atoms with Crippen LogP contribution in [0.25, 0.3) is 0 Å². The van der Waals surface area contributed by atoms with Crippen molar-refractivity contribution in [1.82, 2.24) is 10.2 Å². The smallest absolute Gasteiger partial charge is 0.352 e. The van der Waals surface area contributed by atoms with Crippen LogP contribution in [0.3, 0.4) is 0 Å². The molecule has 42 heavy (non-hydrogen) atoms. The van der Waals surface area contributed by atoms with Crippen LogP contribution in [0.1, 0.15) is 38.3 Å². The Bertz CT molecular complexity index is 1500. The number of benzene rings is 3. The molecule has 0 fully saturated rings. The fourth-order valence-corrected chi connectivity index (χ4v) is 5.92. The fraction of sp³-hybridized carbons (Fsp3) is 0.310. The third-order valence-electron chi connectivity index (χ3n) is 6.24. The Morgan fingerprint density at radius 3 is 2.14 bits per heavy atom. The van der Waals surface area contributed by atoms with Gasteiger partial charge in [-0.25, -0.2) is 12.8 Å². The lowest BCUT2D eigenvalue weighted by atomic mass is 10.1. The summed E-state index contributed by atoms with van der Waals surface area (Å²) in [5.41, 5.74) is -1.30. The Kier molecular flexibility index (Phi) is 10.6. The van der Waals surface area contributed by atoms with Crippen molar-refractivity contribution in [2.45, 2.75) is 56.9 Å². The number of amides is 2. The molecule has 0 radical (unpaired) electrons. The summed E-state index contributed by atoms with van der Waals surface area (Å²) in [7, 11) is -4.63. The summed E-state index contributed by atoms with van der Waals surface area (Å²) in [6.07, 6.45) is -4.70. The van der Waals surface area contributed by atoms with Crippen LogP contribution in [0.5, 0.6) is 0 Å². The molecule has 7 nitrogen and oxygen atoms in total. The minimum absolute atomic E-state index is 0.126. The molecule has 2 amide bonds.